The van der Waals surface area contributed by atoms with Gasteiger partial charge in [-0.3, -0.25) is 0 Å². The van der Waals surface area contributed by atoms with E-state index in [4.69, 9.17) is 0 Å². The van der Waals surface area contributed by atoms with E-state index in [1.807, 2.05) is 19.9 Å². The van der Waals surface area contributed by atoms with Crippen molar-refractivity contribution in [3.8, 4) is 5.82 Å². The standard InChI is InChI=1S/C17H19FN6O2S/c1-12-11-13(2)24(23-12)17-8-7-16(21-22-17)19-9-10-20-27(25,26)15-6-4-3-5-14(15)18/h3-8,11,20H,9-10H2,1-2H3,(H,19,21). The molecule has 0 aliphatic rings. The van der Waals surface area contributed by atoms with Gasteiger partial charge in [0, 0.05) is 18.8 Å². The van der Waals surface area contributed by atoms with Crippen molar-refractivity contribution >= 4 is 15.8 Å². The summed E-state index contributed by atoms with van der Waals surface area (Å²) in [6.45, 7) is 4.16. The molecule has 2 heterocycles. The lowest BCUT2D eigenvalue weighted by Gasteiger charge is -2.09. The summed E-state index contributed by atoms with van der Waals surface area (Å²) in [6, 6.07) is 10.7. The van der Waals surface area contributed by atoms with Gasteiger partial charge >= 0.3 is 0 Å². The molecule has 0 unspecified atom stereocenters. The zero-order chi connectivity index (χ0) is 19.4. The molecule has 1 aromatic carbocycles. The monoisotopic (exact) mass is 390 g/mol. The Hall–Kier alpha value is -2.85. The Kier molecular flexibility index (Phi) is 5.47. The van der Waals surface area contributed by atoms with Crippen molar-refractivity contribution in [3.05, 3.63) is 59.7 Å². The highest BCUT2D eigenvalue weighted by Gasteiger charge is 2.17. The van der Waals surface area contributed by atoms with E-state index in [1.165, 1.54) is 18.2 Å². The van der Waals surface area contributed by atoms with Gasteiger partial charge in [-0.05, 0) is 44.2 Å². The van der Waals surface area contributed by atoms with Gasteiger partial charge in [-0.25, -0.2) is 22.2 Å². The maximum atomic E-state index is 13.6. The van der Waals surface area contributed by atoms with Crippen LogP contribution in [0.1, 0.15) is 11.4 Å². The minimum atomic E-state index is -3.90. The highest BCUT2D eigenvalue weighted by Crippen LogP contribution is 2.13. The number of aryl methyl sites for hydroxylation is 2. The highest BCUT2D eigenvalue weighted by molar-refractivity contribution is 7.89. The predicted octanol–water partition coefficient (Wildman–Crippen LogP) is 1.81. The molecular weight excluding hydrogens is 371 g/mol. The molecule has 142 valence electrons. The van der Waals surface area contributed by atoms with Gasteiger partial charge in [0.05, 0.1) is 5.69 Å². The van der Waals surface area contributed by atoms with Gasteiger partial charge in [-0.15, -0.1) is 10.2 Å². The minimum absolute atomic E-state index is 0.0670. The molecule has 0 spiro atoms. The first-order valence-corrected chi connectivity index (χ1v) is 9.70. The minimum Gasteiger partial charge on any atom is -0.367 e. The first kappa shape index (κ1) is 18.9. The van der Waals surface area contributed by atoms with Crippen LogP contribution in [0.25, 0.3) is 5.82 Å². The fraction of sp³-hybridized carbons (Fsp3) is 0.235. The number of benzene rings is 1. The van der Waals surface area contributed by atoms with Gasteiger partial charge in [0.1, 0.15) is 16.5 Å². The van der Waals surface area contributed by atoms with Crippen LogP contribution in [0.4, 0.5) is 10.2 Å². The summed E-state index contributed by atoms with van der Waals surface area (Å²) in [5.41, 5.74) is 1.84. The van der Waals surface area contributed by atoms with Gasteiger partial charge in [0.25, 0.3) is 0 Å². The van der Waals surface area contributed by atoms with Gasteiger partial charge < -0.3 is 5.32 Å². The number of nitrogens with zero attached hydrogens (tertiary/aromatic N) is 4. The number of hydrogen-bond donors (Lipinski definition) is 2. The molecular formula is C17H19FN6O2S. The van der Waals surface area contributed by atoms with Crippen molar-refractivity contribution in [1.82, 2.24) is 24.7 Å². The topological polar surface area (TPSA) is 102 Å². The third kappa shape index (κ3) is 4.47. The van der Waals surface area contributed by atoms with E-state index in [0.29, 0.717) is 11.6 Å². The molecule has 3 rings (SSSR count). The molecule has 10 heteroatoms. The Morgan fingerprint density at radius 3 is 2.48 bits per heavy atom. The summed E-state index contributed by atoms with van der Waals surface area (Å²) in [7, 11) is -3.90. The molecule has 2 aromatic heterocycles. The number of anilines is 1. The first-order valence-electron chi connectivity index (χ1n) is 8.22. The fourth-order valence-corrected chi connectivity index (χ4v) is 3.62. The predicted molar refractivity (Wildman–Crippen MR) is 98.7 cm³/mol. The van der Waals surface area contributed by atoms with Gasteiger partial charge in [-0.1, -0.05) is 12.1 Å². The van der Waals surface area contributed by atoms with Crippen molar-refractivity contribution in [2.24, 2.45) is 0 Å². The largest absolute Gasteiger partial charge is 0.367 e. The summed E-state index contributed by atoms with van der Waals surface area (Å²) in [5, 5.41) is 15.5. The van der Waals surface area contributed by atoms with E-state index in [-0.39, 0.29) is 18.0 Å². The lowest BCUT2D eigenvalue weighted by Crippen LogP contribution is -2.29. The number of halogens is 1. The zero-order valence-corrected chi connectivity index (χ0v) is 15.7. The van der Waals surface area contributed by atoms with Crippen molar-refractivity contribution < 1.29 is 12.8 Å². The van der Waals surface area contributed by atoms with Gasteiger partial charge in [0.2, 0.25) is 10.0 Å². The maximum absolute atomic E-state index is 13.6. The molecule has 0 saturated carbocycles. The van der Waals surface area contributed by atoms with Crippen molar-refractivity contribution in [1.29, 1.82) is 0 Å². The van der Waals surface area contributed by atoms with E-state index in [2.05, 4.69) is 25.3 Å². The molecule has 0 aliphatic heterocycles. The Balaban J connectivity index is 1.55. The third-order valence-corrected chi connectivity index (χ3v) is 5.22. The lowest BCUT2D eigenvalue weighted by atomic mass is 10.4. The van der Waals surface area contributed by atoms with Crippen LogP contribution in [0.5, 0.6) is 0 Å². The average molecular weight is 390 g/mol. The van der Waals surface area contributed by atoms with Gasteiger partial charge in [0.15, 0.2) is 5.82 Å². The number of hydrogen-bond acceptors (Lipinski definition) is 6. The van der Waals surface area contributed by atoms with E-state index in [9.17, 15) is 12.8 Å². The van der Waals surface area contributed by atoms with Crippen molar-refractivity contribution in [2.75, 3.05) is 18.4 Å². The van der Waals surface area contributed by atoms with Crippen LogP contribution in [-0.2, 0) is 10.0 Å². The van der Waals surface area contributed by atoms with Crippen LogP contribution in [0.3, 0.4) is 0 Å². The van der Waals surface area contributed by atoms with Crippen molar-refractivity contribution in [2.45, 2.75) is 18.7 Å². The van der Waals surface area contributed by atoms with Gasteiger partial charge in [-0.2, -0.15) is 5.10 Å². The van der Waals surface area contributed by atoms with E-state index < -0.39 is 15.8 Å². The molecule has 0 fully saturated rings. The van der Waals surface area contributed by atoms with E-state index >= 15 is 0 Å². The van der Waals surface area contributed by atoms with Crippen LogP contribution < -0.4 is 10.0 Å². The third-order valence-electron chi connectivity index (χ3n) is 3.73. The van der Waals surface area contributed by atoms with Crippen LogP contribution in [-0.4, -0.2) is 41.5 Å². The second kappa shape index (κ2) is 7.80. The number of rotatable bonds is 7. The number of nitrogens with one attached hydrogen (secondary N) is 2. The molecule has 0 saturated heterocycles. The normalized spacial score (nSPS) is 11.5. The Bertz CT molecular complexity index is 1030. The Morgan fingerprint density at radius 1 is 1.07 bits per heavy atom. The smallest absolute Gasteiger partial charge is 0.243 e. The molecule has 27 heavy (non-hydrogen) atoms. The second-order valence-corrected chi connectivity index (χ2v) is 7.61. The summed E-state index contributed by atoms with van der Waals surface area (Å²) in [4.78, 5) is -0.376. The number of sulfonamides is 1. The molecule has 8 nitrogen and oxygen atoms in total. The van der Waals surface area contributed by atoms with Crippen LogP contribution >= 0.6 is 0 Å². The summed E-state index contributed by atoms with van der Waals surface area (Å²) in [6.07, 6.45) is 0. The van der Waals surface area contributed by atoms with Crippen LogP contribution in [0.15, 0.2) is 47.4 Å². The fourth-order valence-electron chi connectivity index (χ4n) is 2.51. The Labute approximate surface area is 156 Å². The van der Waals surface area contributed by atoms with Crippen LogP contribution in [0.2, 0.25) is 0 Å². The van der Waals surface area contributed by atoms with E-state index in [1.54, 1.807) is 16.8 Å². The molecule has 3 aromatic rings. The van der Waals surface area contributed by atoms with Crippen molar-refractivity contribution in [3.63, 3.8) is 0 Å². The Morgan fingerprint density at radius 2 is 1.85 bits per heavy atom. The lowest BCUT2D eigenvalue weighted by molar-refractivity contribution is 0.558. The average Bonchev–Trinajstić information content (AvgIpc) is 2.98. The SMILES string of the molecule is Cc1cc(C)n(-c2ccc(NCCNS(=O)(=O)c3ccccc3F)nn2)n1. The molecule has 2 N–H and O–H groups in total. The summed E-state index contributed by atoms with van der Waals surface area (Å²) < 4.78 is 41.8. The quantitative estimate of drug-likeness (QED) is 0.597. The first-order chi connectivity index (χ1) is 12.9. The van der Waals surface area contributed by atoms with Crippen LogP contribution in [0, 0.1) is 19.7 Å². The molecule has 0 radical (unpaired) electrons. The maximum Gasteiger partial charge on any atom is 0.243 e. The summed E-state index contributed by atoms with van der Waals surface area (Å²) in [5.74, 6) is 0.292. The number of aromatic nitrogens is 4. The zero-order valence-electron chi connectivity index (χ0n) is 14.8. The molecule has 0 atom stereocenters. The molecule has 0 aliphatic carbocycles. The highest BCUT2D eigenvalue weighted by atomic mass is 32.2. The van der Waals surface area contributed by atoms with E-state index in [0.717, 1.165) is 17.5 Å². The summed E-state index contributed by atoms with van der Waals surface area (Å²) >= 11 is 0. The molecule has 0 amide bonds. The molecule has 0 bridgehead atoms. The second-order valence-electron chi connectivity index (χ2n) is 5.87.